The van der Waals surface area contributed by atoms with E-state index < -0.39 is 5.91 Å². The van der Waals surface area contributed by atoms with Gasteiger partial charge < -0.3 is 11.1 Å². The Bertz CT molecular complexity index is 737. The molecule has 120 valence electrons. The molecule has 0 bridgehead atoms. The van der Waals surface area contributed by atoms with E-state index in [2.05, 4.69) is 5.32 Å². The molecule has 1 aromatic heterocycles. The minimum atomic E-state index is -0.451. The van der Waals surface area contributed by atoms with Gasteiger partial charge in [-0.3, -0.25) is 9.59 Å². The van der Waals surface area contributed by atoms with Gasteiger partial charge in [0.2, 0.25) is 5.91 Å². The van der Waals surface area contributed by atoms with Crippen molar-refractivity contribution in [1.29, 1.82) is 0 Å². The maximum Gasteiger partial charge on any atom is 0.251 e. The molecule has 1 atom stereocenters. The monoisotopic (exact) mass is 328 g/mol. The fraction of sp³-hybridized carbons (Fsp3) is 0.333. The predicted molar refractivity (Wildman–Crippen MR) is 93.0 cm³/mol. The lowest BCUT2D eigenvalue weighted by molar-refractivity contribution is -0.117. The van der Waals surface area contributed by atoms with E-state index in [-0.39, 0.29) is 11.8 Å². The summed E-state index contributed by atoms with van der Waals surface area (Å²) in [4.78, 5) is 25.7. The molecule has 0 spiro atoms. The average molecular weight is 328 g/mol. The van der Waals surface area contributed by atoms with Gasteiger partial charge >= 0.3 is 0 Å². The van der Waals surface area contributed by atoms with Crippen LogP contribution in [-0.4, -0.2) is 11.8 Å². The lowest BCUT2D eigenvalue weighted by Gasteiger charge is -2.15. The third-order valence-electron chi connectivity index (χ3n) is 4.33. The van der Waals surface area contributed by atoms with Gasteiger partial charge in [0, 0.05) is 4.88 Å². The summed E-state index contributed by atoms with van der Waals surface area (Å²) >= 11 is 1.50. The van der Waals surface area contributed by atoms with Crippen LogP contribution in [0.5, 0.6) is 0 Å². The molecule has 3 rings (SSSR count). The fourth-order valence-corrected chi connectivity index (χ4v) is 4.51. The number of primary amides is 1. The number of carbonyl (C=O) groups is 2. The van der Waals surface area contributed by atoms with Gasteiger partial charge in [-0.2, -0.15) is 0 Å². The molecule has 0 radical (unpaired) electrons. The summed E-state index contributed by atoms with van der Waals surface area (Å²) in [6, 6.07) is 9.71. The molecule has 1 aliphatic carbocycles. The molecule has 0 saturated carbocycles. The SMILES string of the molecule is CC[C@@H](C(=O)Nc1sc2c(c1C(N)=O)CCC2)c1ccccc1. The molecule has 5 heteroatoms. The number of thiophene rings is 1. The number of nitrogens with one attached hydrogen (secondary N) is 1. The molecule has 3 N–H and O–H groups in total. The number of benzene rings is 1. The molecule has 2 amide bonds. The highest BCUT2D eigenvalue weighted by Gasteiger charge is 2.27. The van der Waals surface area contributed by atoms with Crippen LogP contribution in [0.2, 0.25) is 0 Å². The second-order valence-electron chi connectivity index (χ2n) is 5.79. The maximum atomic E-state index is 12.7. The van der Waals surface area contributed by atoms with E-state index in [1.165, 1.54) is 16.2 Å². The lowest BCUT2D eigenvalue weighted by Crippen LogP contribution is -2.22. The number of nitrogens with two attached hydrogens (primary N) is 1. The van der Waals surface area contributed by atoms with E-state index in [4.69, 9.17) is 5.73 Å². The molecule has 2 aromatic rings. The average Bonchev–Trinajstić information content (AvgIpc) is 3.09. The highest BCUT2D eigenvalue weighted by Crippen LogP contribution is 2.39. The van der Waals surface area contributed by atoms with Crippen molar-refractivity contribution in [2.45, 2.75) is 38.5 Å². The van der Waals surface area contributed by atoms with Gasteiger partial charge in [-0.1, -0.05) is 37.3 Å². The highest BCUT2D eigenvalue weighted by atomic mass is 32.1. The first-order chi connectivity index (χ1) is 11.1. The van der Waals surface area contributed by atoms with Crippen molar-refractivity contribution in [2.75, 3.05) is 5.32 Å². The molecule has 1 heterocycles. The van der Waals surface area contributed by atoms with E-state index in [1.54, 1.807) is 0 Å². The van der Waals surface area contributed by atoms with Crippen LogP contribution in [0.1, 0.15) is 52.0 Å². The maximum absolute atomic E-state index is 12.7. The van der Waals surface area contributed by atoms with Gasteiger partial charge in [-0.15, -0.1) is 11.3 Å². The predicted octanol–water partition coefficient (Wildman–Crippen LogP) is 3.47. The van der Waals surface area contributed by atoms with Crippen molar-refractivity contribution < 1.29 is 9.59 Å². The number of carbonyl (C=O) groups excluding carboxylic acids is 2. The Morgan fingerprint density at radius 2 is 2.00 bits per heavy atom. The van der Waals surface area contributed by atoms with Gasteiger partial charge in [0.25, 0.3) is 5.91 Å². The van der Waals surface area contributed by atoms with Crippen LogP contribution >= 0.6 is 11.3 Å². The quantitative estimate of drug-likeness (QED) is 0.882. The van der Waals surface area contributed by atoms with Crippen LogP contribution in [0.4, 0.5) is 5.00 Å². The molecular formula is C18H20N2O2S. The lowest BCUT2D eigenvalue weighted by atomic mass is 9.95. The summed E-state index contributed by atoms with van der Waals surface area (Å²) in [5.74, 6) is -0.762. The summed E-state index contributed by atoms with van der Waals surface area (Å²) in [5, 5.41) is 3.56. The van der Waals surface area contributed by atoms with E-state index in [0.717, 1.165) is 30.4 Å². The summed E-state index contributed by atoms with van der Waals surface area (Å²) in [6.45, 7) is 1.99. The minimum Gasteiger partial charge on any atom is -0.365 e. The first kappa shape index (κ1) is 15.7. The number of rotatable bonds is 5. The van der Waals surface area contributed by atoms with Crippen molar-refractivity contribution in [3.63, 3.8) is 0 Å². The zero-order chi connectivity index (χ0) is 16.4. The van der Waals surface area contributed by atoms with Gasteiger partial charge in [-0.25, -0.2) is 0 Å². The van der Waals surface area contributed by atoms with Crippen LogP contribution in [-0.2, 0) is 17.6 Å². The van der Waals surface area contributed by atoms with E-state index in [9.17, 15) is 9.59 Å². The Balaban J connectivity index is 1.87. The van der Waals surface area contributed by atoms with E-state index in [0.29, 0.717) is 17.0 Å². The van der Waals surface area contributed by atoms with Gasteiger partial charge in [0.05, 0.1) is 11.5 Å². The Morgan fingerprint density at radius 1 is 1.26 bits per heavy atom. The standard InChI is InChI=1S/C18H20N2O2S/c1-2-12(11-7-4-3-5-8-11)17(22)20-18-15(16(19)21)13-9-6-10-14(13)23-18/h3-5,7-8,12H,2,6,9-10H2,1H3,(H2,19,21)(H,20,22)/t12-/m1/s1. The van der Waals surface area contributed by atoms with E-state index >= 15 is 0 Å². The Labute approximate surface area is 139 Å². The number of hydrogen-bond acceptors (Lipinski definition) is 3. The minimum absolute atomic E-state index is 0.0823. The summed E-state index contributed by atoms with van der Waals surface area (Å²) in [7, 11) is 0. The first-order valence-electron chi connectivity index (χ1n) is 7.92. The second kappa shape index (κ2) is 6.54. The summed E-state index contributed by atoms with van der Waals surface area (Å²) < 4.78 is 0. The second-order valence-corrected chi connectivity index (χ2v) is 6.89. The largest absolute Gasteiger partial charge is 0.365 e. The van der Waals surface area contributed by atoms with Gasteiger partial charge in [0.15, 0.2) is 0 Å². The smallest absolute Gasteiger partial charge is 0.251 e. The fourth-order valence-electron chi connectivity index (χ4n) is 3.21. The van der Waals surface area contributed by atoms with E-state index in [1.807, 2.05) is 37.3 Å². The molecule has 0 fully saturated rings. The number of anilines is 1. The molecule has 4 nitrogen and oxygen atoms in total. The first-order valence-corrected chi connectivity index (χ1v) is 8.73. The van der Waals surface area contributed by atoms with Crippen LogP contribution in [0.15, 0.2) is 30.3 Å². The zero-order valence-electron chi connectivity index (χ0n) is 13.1. The zero-order valence-corrected chi connectivity index (χ0v) is 13.9. The molecule has 1 aliphatic rings. The Morgan fingerprint density at radius 3 is 2.65 bits per heavy atom. The third kappa shape index (κ3) is 3.01. The van der Waals surface area contributed by atoms with Crippen LogP contribution < -0.4 is 11.1 Å². The molecule has 0 aliphatic heterocycles. The van der Waals surface area contributed by atoms with Crippen molar-refractivity contribution in [3.8, 4) is 0 Å². The molecular weight excluding hydrogens is 308 g/mol. The topological polar surface area (TPSA) is 72.2 Å². The Hall–Kier alpha value is -2.14. The Kier molecular flexibility index (Phi) is 4.48. The normalized spacial score (nSPS) is 14.3. The summed E-state index contributed by atoms with van der Waals surface area (Å²) in [5.41, 5.74) is 8.07. The highest BCUT2D eigenvalue weighted by molar-refractivity contribution is 7.17. The third-order valence-corrected chi connectivity index (χ3v) is 5.54. The number of fused-ring (bicyclic) bond motifs is 1. The number of hydrogen-bond donors (Lipinski definition) is 2. The van der Waals surface area contributed by atoms with Crippen molar-refractivity contribution in [2.24, 2.45) is 5.73 Å². The van der Waals surface area contributed by atoms with Gasteiger partial charge in [0.1, 0.15) is 5.00 Å². The van der Waals surface area contributed by atoms with Crippen LogP contribution in [0.3, 0.4) is 0 Å². The van der Waals surface area contributed by atoms with Crippen LogP contribution in [0, 0.1) is 0 Å². The molecule has 0 saturated heterocycles. The van der Waals surface area contributed by atoms with Crippen molar-refractivity contribution >= 4 is 28.2 Å². The molecule has 23 heavy (non-hydrogen) atoms. The number of amides is 2. The van der Waals surface area contributed by atoms with Crippen molar-refractivity contribution in [3.05, 3.63) is 51.9 Å². The van der Waals surface area contributed by atoms with Crippen molar-refractivity contribution in [1.82, 2.24) is 0 Å². The van der Waals surface area contributed by atoms with Crippen LogP contribution in [0.25, 0.3) is 0 Å². The summed E-state index contributed by atoms with van der Waals surface area (Å²) in [6.07, 6.45) is 3.59. The molecule has 0 unspecified atom stereocenters. The number of aryl methyl sites for hydroxylation is 1. The molecule has 1 aromatic carbocycles. The van der Waals surface area contributed by atoms with Gasteiger partial charge in [-0.05, 0) is 36.8 Å².